The molecule has 3 N–H and O–H groups in total. The number of rotatable bonds is 3. The van der Waals surface area contributed by atoms with E-state index in [0.717, 1.165) is 0 Å². The van der Waals surface area contributed by atoms with Gasteiger partial charge in [0.05, 0.1) is 0 Å². The predicted octanol–water partition coefficient (Wildman–Crippen LogP) is 4.56. The van der Waals surface area contributed by atoms with E-state index in [0.29, 0.717) is 11.3 Å². The van der Waals surface area contributed by atoms with E-state index in [9.17, 15) is 0 Å². The maximum atomic E-state index is 5.94. The van der Waals surface area contributed by atoms with Gasteiger partial charge in [-0.25, -0.2) is 0 Å². The molecule has 2 nitrogen and oxygen atoms in total. The first-order valence-electron chi connectivity index (χ1n) is 8.04. The zero-order valence-corrected chi connectivity index (χ0v) is 13.1. The zero-order valence-electron chi connectivity index (χ0n) is 13.1. The summed E-state index contributed by atoms with van der Waals surface area (Å²) in [6.07, 6.45) is 5.09. The molecule has 0 spiro atoms. The molecule has 0 radical (unpaired) electrons. The van der Waals surface area contributed by atoms with Crippen molar-refractivity contribution in [3.05, 3.63) is 48.0 Å². The highest BCUT2D eigenvalue weighted by molar-refractivity contribution is 5.86. The minimum atomic E-state index is 0.257. The van der Waals surface area contributed by atoms with Gasteiger partial charge in [-0.15, -0.1) is 0 Å². The molecule has 2 aromatic carbocycles. The van der Waals surface area contributed by atoms with Gasteiger partial charge in [-0.2, -0.15) is 0 Å². The summed E-state index contributed by atoms with van der Waals surface area (Å²) >= 11 is 0. The topological polar surface area (TPSA) is 38.0 Å². The molecule has 2 aromatic rings. The van der Waals surface area contributed by atoms with Crippen LogP contribution in [0.5, 0.6) is 0 Å². The lowest BCUT2D eigenvalue weighted by molar-refractivity contribution is 0.162. The Morgan fingerprint density at radius 2 is 1.71 bits per heavy atom. The molecular formula is C19H26N2. The van der Waals surface area contributed by atoms with E-state index >= 15 is 0 Å². The fourth-order valence-electron chi connectivity index (χ4n) is 3.76. The molecule has 1 atom stereocenters. The molecule has 1 saturated carbocycles. The average Bonchev–Trinajstić information content (AvgIpc) is 2.50. The second kappa shape index (κ2) is 5.78. The molecule has 0 bridgehead atoms. The Morgan fingerprint density at radius 3 is 2.43 bits per heavy atom. The first-order chi connectivity index (χ1) is 10.1. The van der Waals surface area contributed by atoms with Crippen molar-refractivity contribution in [1.29, 1.82) is 0 Å². The smallest absolute Gasteiger partial charge is 0.0494 e. The third-order valence-corrected chi connectivity index (χ3v) is 5.19. The summed E-state index contributed by atoms with van der Waals surface area (Å²) in [6, 6.07) is 15.4. The lowest BCUT2D eigenvalue weighted by Gasteiger charge is -2.38. The number of hydrogen-bond donors (Lipinski definition) is 2. The van der Waals surface area contributed by atoms with E-state index in [2.05, 4.69) is 61.7 Å². The fourth-order valence-corrected chi connectivity index (χ4v) is 3.76. The van der Waals surface area contributed by atoms with Crippen LogP contribution in [-0.2, 0) is 0 Å². The summed E-state index contributed by atoms with van der Waals surface area (Å²) in [4.78, 5) is 0. The Bertz CT molecular complexity index is 602. The molecule has 0 saturated heterocycles. The number of nitrogens with two attached hydrogens (primary N) is 1. The molecule has 1 unspecified atom stereocenters. The minimum absolute atomic E-state index is 0.257. The van der Waals surface area contributed by atoms with Gasteiger partial charge in [-0.3, -0.25) is 11.3 Å². The summed E-state index contributed by atoms with van der Waals surface area (Å²) in [5.41, 5.74) is 4.95. The molecule has 1 fully saturated rings. The van der Waals surface area contributed by atoms with Crippen LogP contribution < -0.4 is 11.3 Å². The van der Waals surface area contributed by atoms with Crippen LogP contribution in [0.15, 0.2) is 42.5 Å². The van der Waals surface area contributed by atoms with Crippen molar-refractivity contribution in [2.75, 3.05) is 0 Å². The molecule has 0 aliphatic heterocycles. The second-order valence-electron chi connectivity index (χ2n) is 7.21. The van der Waals surface area contributed by atoms with Crippen molar-refractivity contribution in [3.63, 3.8) is 0 Å². The highest BCUT2D eigenvalue weighted by Crippen LogP contribution is 2.43. The average molecular weight is 282 g/mol. The van der Waals surface area contributed by atoms with Crippen LogP contribution in [-0.4, -0.2) is 0 Å². The Labute approximate surface area is 127 Å². The molecular weight excluding hydrogens is 256 g/mol. The summed E-state index contributed by atoms with van der Waals surface area (Å²) in [7, 11) is 0. The number of nitrogens with one attached hydrogen (secondary N) is 1. The number of benzene rings is 2. The lowest BCUT2D eigenvalue weighted by atomic mass is 9.70. The van der Waals surface area contributed by atoms with Gasteiger partial charge >= 0.3 is 0 Å². The minimum Gasteiger partial charge on any atom is -0.271 e. The SMILES string of the molecule is CC1(C)CCC(C(NN)c2cccc3ccccc23)CC1. The van der Waals surface area contributed by atoms with Crippen molar-refractivity contribution in [1.82, 2.24) is 5.43 Å². The summed E-state index contributed by atoms with van der Waals surface area (Å²) in [5.74, 6) is 6.58. The van der Waals surface area contributed by atoms with Gasteiger partial charge in [0.2, 0.25) is 0 Å². The highest BCUT2D eigenvalue weighted by Gasteiger charge is 2.32. The van der Waals surface area contributed by atoms with E-state index < -0.39 is 0 Å². The molecule has 0 heterocycles. The van der Waals surface area contributed by atoms with E-state index in [-0.39, 0.29) is 6.04 Å². The molecule has 0 aromatic heterocycles. The van der Waals surface area contributed by atoms with Crippen molar-refractivity contribution < 1.29 is 0 Å². The standard InChI is InChI=1S/C19H26N2/c1-19(2)12-10-15(11-13-19)18(21-20)17-9-5-7-14-6-3-4-8-16(14)17/h3-9,15,18,21H,10-13,20H2,1-2H3. The van der Waals surface area contributed by atoms with Crippen LogP contribution in [0.25, 0.3) is 10.8 Å². The van der Waals surface area contributed by atoms with Crippen LogP contribution >= 0.6 is 0 Å². The third-order valence-electron chi connectivity index (χ3n) is 5.19. The number of fused-ring (bicyclic) bond motifs is 1. The number of hydrazine groups is 1. The van der Waals surface area contributed by atoms with Crippen molar-refractivity contribution >= 4 is 10.8 Å². The first-order valence-corrected chi connectivity index (χ1v) is 8.04. The predicted molar refractivity (Wildman–Crippen MR) is 89.8 cm³/mol. The molecule has 1 aliphatic rings. The van der Waals surface area contributed by atoms with Crippen molar-refractivity contribution in [3.8, 4) is 0 Å². The van der Waals surface area contributed by atoms with Gasteiger partial charge in [0.25, 0.3) is 0 Å². The maximum absolute atomic E-state index is 5.94. The van der Waals surface area contributed by atoms with Crippen LogP contribution in [0.3, 0.4) is 0 Å². The number of hydrogen-bond acceptors (Lipinski definition) is 2. The van der Waals surface area contributed by atoms with Gasteiger partial charge in [0.15, 0.2) is 0 Å². The van der Waals surface area contributed by atoms with E-state index in [4.69, 9.17) is 5.84 Å². The Balaban J connectivity index is 1.92. The van der Waals surface area contributed by atoms with Crippen LogP contribution in [0.2, 0.25) is 0 Å². The Morgan fingerprint density at radius 1 is 1.05 bits per heavy atom. The lowest BCUT2D eigenvalue weighted by Crippen LogP contribution is -2.36. The van der Waals surface area contributed by atoms with Crippen molar-refractivity contribution in [2.24, 2.45) is 17.2 Å². The third kappa shape index (κ3) is 2.97. The van der Waals surface area contributed by atoms with Crippen molar-refractivity contribution in [2.45, 2.75) is 45.6 Å². The van der Waals surface area contributed by atoms with E-state index in [1.54, 1.807) is 0 Å². The van der Waals surface area contributed by atoms with Crippen LogP contribution in [0.4, 0.5) is 0 Å². The van der Waals surface area contributed by atoms with Crippen LogP contribution in [0, 0.1) is 11.3 Å². The molecule has 1 aliphatic carbocycles. The quantitative estimate of drug-likeness (QED) is 0.639. The monoisotopic (exact) mass is 282 g/mol. The molecule has 112 valence electrons. The van der Waals surface area contributed by atoms with Gasteiger partial charge in [-0.05, 0) is 53.4 Å². The summed E-state index contributed by atoms with van der Waals surface area (Å²) < 4.78 is 0. The van der Waals surface area contributed by atoms with Crippen LogP contribution in [0.1, 0.15) is 51.1 Å². The van der Waals surface area contributed by atoms with Gasteiger partial charge < -0.3 is 0 Å². The van der Waals surface area contributed by atoms with Gasteiger partial charge in [-0.1, -0.05) is 56.3 Å². The van der Waals surface area contributed by atoms with E-state index in [1.807, 2.05) is 0 Å². The zero-order chi connectivity index (χ0) is 14.9. The normalized spacial score (nSPS) is 20.5. The Kier molecular flexibility index (Phi) is 4.01. The molecule has 21 heavy (non-hydrogen) atoms. The van der Waals surface area contributed by atoms with Gasteiger partial charge in [0.1, 0.15) is 0 Å². The maximum Gasteiger partial charge on any atom is 0.0494 e. The van der Waals surface area contributed by atoms with E-state index in [1.165, 1.54) is 42.0 Å². The summed E-state index contributed by atoms with van der Waals surface area (Å²) in [5, 5.41) is 2.62. The van der Waals surface area contributed by atoms with Gasteiger partial charge in [0, 0.05) is 6.04 Å². The highest BCUT2D eigenvalue weighted by atomic mass is 15.2. The molecule has 3 rings (SSSR count). The first kappa shape index (κ1) is 14.6. The second-order valence-corrected chi connectivity index (χ2v) is 7.21. The summed E-state index contributed by atoms with van der Waals surface area (Å²) in [6.45, 7) is 4.76. The largest absolute Gasteiger partial charge is 0.271 e. The molecule has 0 amide bonds. The Hall–Kier alpha value is -1.38. The fraction of sp³-hybridized carbons (Fsp3) is 0.474. The molecule has 2 heteroatoms.